The van der Waals surface area contributed by atoms with Gasteiger partial charge in [0.05, 0.1) is 0 Å². The van der Waals surface area contributed by atoms with Gasteiger partial charge in [0.1, 0.15) is 6.04 Å². The van der Waals surface area contributed by atoms with Gasteiger partial charge in [-0.3, -0.25) is 4.79 Å². The van der Waals surface area contributed by atoms with Crippen LogP contribution in [-0.4, -0.2) is 36.2 Å². The molecule has 0 aromatic rings. The van der Waals surface area contributed by atoms with Crippen LogP contribution in [0.5, 0.6) is 0 Å². The maximum atomic E-state index is 10.9. The number of hydrogen-bond acceptors (Lipinski definition) is 3. The van der Waals surface area contributed by atoms with E-state index in [-0.39, 0.29) is 5.92 Å². The molecular formula is C10H20N2O2. The third-order valence-electron chi connectivity index (χ3n) is 2.64. The van der Waals surface area contributed by atoms with Crippen LogP contribution in [-0.2, 0) is 4.79 Å². The fourth-order valence-electron chi connectivity index (χ4n) is 1.80. The van der Waals surface area contributed by atoms with Crippen molar-refractivity contribution in [2.24, 2.45) is 5.92 Å². The molecule has 0 aromatic heterocycles. The molecular weight excluding hydrogens is 180 g/mol. The Labute approximate surface area is 85.1 Å². The van der Waals surface area contributed by atoms with Gasteiger partial charge in [-0.1, -0.05) is 13.8 Å². The van der Waals surface area contributed by atoms with Crippen molar-refractivity contribution in [1.29, 1.82) is 0 Å². The second-order valence-corrected chi connectivity index (χ2v) is 4.27. The van der Waals surface area contributed by atoms with Crippen LogP contribution < -0.4 is 10.6 Å². The van der Waals surface area contributed by atoms with Gasteiger partial charge >= 0.3 is 5.97 Å². The number of carbonyl (C=O) groups is 1. The summed E-state index contributed by atoms with van der Waals surface area (Å²) in [5.41, 5.74) is 0. The highest BCUT2D eigenvalue weighted by molar-refractivity contribution is 5.73. The number of hydrogen-bond donors (Lipinski definition) is 3. The van der Waals surface area contributed by atoms with E-state index in [1.807, 2.05) is 13.8 Å². The molecule has 0 radical (unpaired) electrons. The van der Waals surface area contributed by atoms with E-state index in [4.69, 9.17) is 5.11 Å². The molecule has 1 aliphatic rings. The van der Waals surface area contributed by atoms with Crippen LogP contribution in [0.4, 0.5) is 0 Å². The summed E-state index contributed by atoms with van der Waals surface area (Å²) < 4.78 is 0. The number of rotatable bonds is 4. The summed E-state index contributed by atoms with van der Waals surface area (Å²) in [6.45, 7) is 5.80. The molecule has 1 fully saturated rings. The summed E-state index contributed by atoms with van der Waals surface area (Å²) in [5, 5.41) is 15.4. The Balaban J connectivity index is 2.41. The molecule has 0 aliphatic carbocycles. The van der Waals surface area contributed by atoms with Crippen molar-refractivity contribution in [3.05, 3.63) is 0 Å². The summed E-state index contributed by atoms with van der Waals surface area (Å²) in [5.74, 6) is -0.611. The lowest BCUT2D eigenvalue weighted by Gasteiger charge is -2.28. The van der Waals surface area contributed by atoms with Gasteiger partial charge in [0.15, 0.2) is 0 Å². The van der Waals surface area contributed by atoms with E-state index >= 15 is 0 Å². The summed E-state index contributed by atoms with van der Waals surface area (Å²) in [6, 6.07) is -0.104. The molecule has 1 aliphatic heterocycles. The van der Waals surface area contributed by atoms with Crippen LogP contribution in [0.15, 0.2) is 0 Å². The number of aliphatic carboxylic acids is 1. The Morgan fingerprint density at radius 3 is 2.71 bits per heavy atom. The van der Waals surface area contributed by atoms with Crippen molar-refractivity contribution in [3.63, 3.8) is 0 Å². The van der Waals surface area contributed by atoms with E-state index in [0.29, 0.717) is 6.04 Å². The van der Waals surface area contributed by atoms with E-state index in [1.54, 1.807) is 0 Å². The quantitative estimate of drug-likeness (QED) is 0.616. The molecule has 0 saturated carbocycles. The molecule has 1 saturated heterocycles. The molecule has 4 nitrogen and oxygen atoms in total. The monoisotopic (exact) mass is 200 g/mol. The Bertz CT molecular complexity index is 189. The average molecular weight is 200 g/mol. The largest absolute Gasteiger partial charge is 0.480 e. The molecule has 0 bridgehead atoms. The van der Waals surface area contributed by atoms with Crippen molar-refractivity contribution in [1.82, 2.24) is 10.6 Å². The van der Waals surface area contributed by atoms with Crippen LogP contribution >= 0.6 is 0 Å². The molecule has 1 heterocycles. The highest BCUT2D eigenvalue weighted by atomic mass is 16.4. The van der Waals surface area contributed by atoms with Crippen molar-refractivity contribution in [3.8, 4) is 0 Å². The van der Waals surface area contributed by atoms with Crippen LogP contribution in [0.1, 0.15) is 26.7 Å². The second kappa shape index (κ2) is 5.32. The lowest BCUT2D eigenvalue weighted by atomic mass is 10.0. The van der Waals surface area contributed by atoms with Gasteiger partial charge in [-0.15, -0.1) is 0 Å². The summed E-state index contributed by atoms with van der Waals surface area (Å²) in [6.07, 6.45) is 2.20. The van der Waals surface area contributed by atoms with Gasteiger partial charge in [-0.05, 0) is 25.3 Å². The summed E-state index contributed by atoms with van der Waals surface area (Å²) >= 11 is 0. The van der Waals surface area contributed by atoms with E-state index in [9.17, 15) is 4.79 Å². The molecule has 0 spiro atoms. The predicted octanol–water partition coefficient (Wildman–Crippen LogP) is 0.437. The standard InChI is InChI=1S/C10H20N2O2/c1-7(2)9(10(13)14)12-8-4-3-5-11-6-8/h7-9,11-12H,3-6H2,1-2H3,(H,13,14). The first-order chi connectivity index (χ1) is 6.61. The van der Waals surface area contributed by atoms with Gasteiger partial charge in [0, 0.05) is 12.6 Å². The van der Waals surface area contributed by atoms with Crippen molar-refractivity contribution >= 4 is 5.97 Å². The molecule has 82 valence electrons. The Kier molecular flexibility index (Phi) is 4.35. The minimum atomic E-state index is -0.745. The van der Waals surface area contributed by atoms with E-state index in [2.05, 4.69) is 10.6 Å². The first kappa shape index (κ1) is 11.5. The van der Waals surface area contributed by atoms with Gasteiger partial charge in [-0.2, -0.15) is 0 Å². The minimum absolute atomic E-state index is 0.134. The van der Waals surface area contributed by atoms with Gasteiger partial charge in [0.25, 0.3) is 0 Å². The molecule has 2 unspecified atom stereocenters. The highest BCUT2D eigenvalue weighted by Gasteiger charge is 2.25. The fraction of sp³-hybridized carbons (Fsp3) is 0.900. The molecule has 14 heavy (non-hydrogen) atoms. The Morgan fingerprint density at radius 1 is 1.57 bits per heavy atom. The van der Waals surface area contributed by atoms with E-state index in [0.717, 1.165) is 25.9 Å². The average Bonchev–Trinajstić information content (AvgIpc) is 2.15. The molecule has 4 heteroatoms. The molecule has 0 amide bonds. The maximum absolute atomic E-state index is 10.9. The minimum Gasteiger partial charge on any atom is -0.480 e. The number of carboxylic acids is 1. The molecule has 3 N–H and O–H groups in total. The first-order valence-electron chi connectivity index (χ1n) is 5.31. The molecule has 2 atom stereocenters. The molecule has 0 aromatic carbocycles. The molecule has 1 rings (SSSR count). The zero-order valence-corrected chi connectivity index (χ0v) is 8.92. The Morgan fingerprint density at radius 2 is 2.29 bits per heavy atom. The van der Waals surface area contributed by atoms with E-state index < -0.39 is 12.0 Å². The van der Waals surface area contributed by atoms with Gasteiger partial charge < -0.3 is 15.7 Å². The summed E-state index contributed by atoms with van der Waals surface area (Å²) in [4.78, 5) is 10.9. The zero-order valence-electron chi connectivity index (χ0n) is 8.92. The summed E-state index contributed by atoms with van der Waals surface area (Å²) in [7, 11) is 0. The maximum Gasteiger partial charge on any atom is 0.320 e. The third kappa shape index (κ3) is 3.27. The number of piperidine rings is 1. The SMILES string of the molecule is CC(C)C(NC1CCCNC1)C(=O)O. The van der Waals surface area contributed by atoms with Crippen LogP contribution in [0.3, 0.4) is 0 Å². The number of carboxylic acid groups (broad SMARTS) is 1. The predicted molar refractivity (Wildman–Crippen MR) is 55.3 cm³/mol. The van der Waals surface area contributed by atoms with Crippen LogP contribution in [0.2, 0.25) is 0 Å². The smallest absolute Gasteiger partial charge is 0.320 e. The van der Waals surface area contributed by atoms with Crippen molar-refractivity contribution in [2.45, 2.75) is 38.8 Å². The third-order valence-corrected chi connectivity index (χ3v) is 2.64. The first-order valence-corrected chi connectivity index (χ1v) is 5.31. The Hall–Kier alpha value is -0.610. The van der Waals surface area contributed by atoms with Crippen molar-refractivity contribution < 1.29 is 9.90 Å². The van der Waals surface area contributed by atoms with E-state index in [1.165, 1.54) is 0 Å². The van der Waals surface area contributed by atoms with Gasteiger partial charge in [-0.25, -0.2) is 0 Å². The highest BCUT2D eigenvalue weighted by Crippen LogP contribution is 2.07. The lowest BCUT2D eigenvalue weighted by Crippen LogP contribution is -2.51. The van der Waals surface area contributed by atoms with Gasteiger partial charge in [0.2, 0.25) is 0 Å². The van der Waals surface area contributed by atoms with Crippen LogP contribution in [0, 0.1) is 5.92 Å². The fourth-order valence-corrected chi connectivity index (χ4v) is 1.80. The topological polar surface area (TPSA) is 61.4 Å². The van der Waals surface area contributed by atoms with Crippen LogP contribution in [0.25, 0.3) is 0 Å². The number of nitrogens with one attached hydrogen (secondary N) is 2. The normalized spacial score (nSPS) is 24.9. The lowest BCUT2D eigenvalue weighted by molar-refractivity contribution is -0.140. The zero-order chi connectivity index (χ0) is 10.6. The van der Waals surface area contributed by atoms with Crippen molar-refractivity contribution in [2.75, 3.05) is 13.1 Å². The second-order valence-electron chi connectivity index (χ2n) is 4.27.